The summed E-state index contributed by atoms with van der Waals surface area (Å²) in [7, 11) is 3.23. The lowest BCUT2D eigenvalue weighted by molar-refractivity contribution is -0.118. The second-order valence-electron chi connectivity index (χ2n) is 5.22. The van der Waals surface area contributed by atoms with Crippen molar-refractivity contribution in [1.82, 2.24) is 20.5 Å². The van der Waals surface area contributed by atoms with Gasteiger partial charge >= 0.3 is 0 Å². The monoisotopic (exact) mass is 346 g/mol. The molecule has 0 fully saturated rings. The third-order valence-corrected chi connectivity index (χ3v) is 4.47. The molecule has 0 saturated carbocycles. The van der Waals surface area contributed by atoms with E-state index in [1.54, 1.807) is 14.2 Å². The summed E-state index contributed by atoms with van der Waals surface area (Å²) >= 11 is 1.28. The van der Waals surface area contributed by atoms with E-state index in [1.807, 2.05) is 18.2 Å². The fourth-order valence-electron chi connectivity index (χ4n) is 2.45. The van der Waals surface area contributed by atoms with Crippen LogP contribution in [-0.2, 0) is 16.0 Å². The Labute approximate surface area is 144 Å². The number of carbonyl (C=O) groups excluding carboxylic acids is 1. The van der Waals surface area contributed by atoms with Crippen molar-refractivity contribution in [2.45, 2.75) is 11.6 Å². The number of thioether (sulfide) groups is 1. The number of amides is 1. The van der Waals surface area contributed by atoms with E-state index >= 15 is 0 Å². The van der Waals surface area contributed by atoms with Crippen LogP contribution in [0.15, 0.2) is 23.4 Å². The summed E-state index contributed by atoms with van der Waals surface area (Å²) in [6, 6.07) is 5.90. The number of benzene rings is 1. The van der Waals surface area contributed by atoms with Gasteiger partial charge in [-0.25, -0.2) is 4.98 Å². The van der Waals surface area contributed by atoms with Gasteiger partial charge in [0, 0.05) is 25.6 Å². The number of hydrogen-bond donors (Lipinski definition) is 1. The summed E-state index contributed by atoms with van der Waals surface area (Å²) < 4.78 is 10.1. The molecule has 2 aromatic rings. The van der Waals surface area contributed by atoms with Crippen molar-refractivity contribution in [3.63, 3.8) is 0 Å². The van der Waals surface area contributed by atoms with Crippen LogP contribution in [0.1, 0.15) is 11.3 Å². The van der Waals surface area contributed by atoms with E-state index < -0.39 is 0 Å². The van der Waals surface area contributed by atoms with Crippen molar-refractivity contribution in [2.75, 3.05) is 33.1 Å². The first-order valence-electron chi connectivity index (χ1n) is 7.50. The Morgan fingerprint density at radius 3 is 3.00 bits per heavy atom. The highest BCUT2D eigenvalue weighted by Crippen LogP contribution is 2.36. The first kappa shape index (κ1) is 16.7. The molecule has 0 unspecified atom stereocenters. The van der Waals surface area contributed by atoms with Crippen LogP contribution in [0.2, 0.25) is 0 Å². The zero-order chi connectivity index (χ0) is 16.9. The molecule has 0 spiro atoms. The Balaban J connectivity index is 1.65. The average Bonchev–Trinajstić information content (AvgIpc) is 2.97. The maximum atomic E-state index is 11.7. The summed E-state index contributed by atoms with van der Waals surface area (Å²) in [4.78, 5) is 16.2. The largest absolute Gasteiger partial charge is 0.497 e. The minimum atomic E-state index is -0.0748. The van der Waals surface area contributed by atoms with Crippen molar-refractivity contribution in [3.05, 3.63) is 29.5 Å². The Bertz CT molecular complexity index is 754. The second kappa shape index (κ2) is 7.59. The van der Waals surface area contributed by atoms with E-state index in [1.165, 1.54) is 11.8 Å². The predicted molar refractivity (Wildman–Crippen MR) is 90.2 cm³/mol. The lowest BCUT2D eigenvalue weighted by Crippen LogP contribution is -2.28. The number of carbonyl (C=O) groups is 1. The van der Waals surface area contributed by atoms with Gasteiger partial charge in [-0.1, -0.05) is 17.8 Å². The summed E-state index contributed by atoms with van der Waals surface area (Å²) in [5.41, 5.74) is 3.85. The van der Waals surface area contributed by atoms with Crippen molar-refractivity contribution in [1.29, 1.82) is 0 Å². The third-order valence-electron chi connectivity index (χ3n) is 3.63. The first-order valence-corrected chi connectivity index (χ1v) is 8.49. The summed E-state index contributed by atoms with van der Waals surface area (Å²) in [6.45, 7) is 0.991. The highest BCUT2D eigenvalue weighted by molar-refractivity contribution is 7.99. The molecule has 0 aliphatic heterocycles. The smallest absolute Gasteiger partial charge is 0.230 e. The molecule has 1 aliphatic carbocycles. The lowest BCUT2D eigenvalue weighted by atomic mass is 10.1. The number of nitrogens with one attached hydrogen (secondary N) is 1. The molecule has 1 aromatic carbocycles. The van der Waals surface area contributed by atoms with Gasteiger partial charge in [0.15, 0.2) is 0 Å². The average molecular weight is 346 g/mol. The van der Waals surface area contributed by atoms with E-state index in [2.05, 4.69) is 20.5 Å². The number of hydrogen-bond acceptors (Lipinski definition) is 7. The van der Waals surface area contributed by atoms with E-state index in [0.717, 1.165) is 34.7 Å². The topological polar surface area (TPSA) is 86.2 Å². The van der Waals surface area contributed by atoms with Crippen LogP contribution >= 0.6 is 11.8 Å². The summed E-state index contributed by atoms with van der Waals surface area (Å²) in [5.74, 6) is 0.967. The Kier molecular flexibility index (Phi) is 5.27. The molecule has 126 valence electrons. The van der Waals surface area contributed by atoms with Gasteiger partial charge in [0.25, 0.3) is 0 Å². The van der Waals surface area contributed by atoms with Gasteiger partial charge in [0.1, 0.15) is 11.4 Å². The molecule has 1 N–H and O–H groups in total. The minimum Gasteiger partial charge on any atom is -0.497 e. The number of ether oxygens (including phenoxy) is 2. The number of rotatable bonds is 7. The van der Waals surface area contributed by atoms with Gasteiger partial charge in [0.05, 0.1) is 25.2 Å². The lowest BCUT2D eigenvalue weighted by Gasteiger charge is -2.04. The van der Waals surface area contributed by atoms with Crippen LogP contribution in [0.25, 0.3) is 11.3 Å². The molecule has 7 nitrogen and oxygen atoms in total. The van der Waals surface area contributed by atoms with Gasteiger partial charge in [-0.3, -0.25) is 4.79 Å². The van der Waals surface area contributed by atoms with E-state index in [-0.39, 0.29) is 11.7 Å². The maximum Gasteiger partial charge on any atom is 0.230 e. The van der Waals surface area contributed by atoms with Gasteiger partial charge in [-0.05, 0) is 17.7 Å². The molecule has 1 heterocycles. The second-order valence-corrected chi connectivity index (χ2v) is 6.16. The van der Waals surface area contributed by atoms with Crippen LogP contribution in [0.3, 0.4) is 0 Å². The molecule has 0 saturated heterocycles. The van der Waals surface area contributed by atoms with Crippen LogP contribution < -0.4 is 10.1 Å². The van der Waals surface area contributed by atoms with Crippen LogP contribution in [-0.4, -0.2) is 54.2 Å². The molecule has 3 rings (SSSR count). The zero-order valence-electron chi connectivity index (χ0n) is 13.5. The standard InChI is InChI=1S/C16H18N4O3S/c1-22-6-5-17-14(21)9-24-16-18-13-7-10-3-4-11(23-2)8-12(10)15(13)19-20-16/h3-4,8H,5-7,9H2,1-2H3,(H,17,21). The van der Waals surface area contributed by atoms with Crippen molar-refractivity contribution >= 4 is 17.7 Å². The van der Waals surface area contributed by atoms with Gasteiger partial charge in [-0.2, -0.15) is 0 Å². The van der Waals surface area contributed by atoms with Crippen LogP contribution in [0.5, 0.6) is 5.75 Å². The highest BCUT2D eigenvalue weighted by Gasteiger charge is 2.23. The third kappa shape index (κ3) is 3.65. The van der Waals surface area contributed by atoms with Crippen molar-refractivity contribution in [3.8, 4) is 17.0 Å². The van der Waals surface area contributed by atoms with Crippen LogP contribution in [0, 0.1) is 0 Å². The number of methoxy groups -OCH3 is 2. The van der Waals surface area contributed by atoms with Gasteiger partial charge < -0.3 is 14.8 Å². The number of aromatic nitrogens is 3. The van der Waals surface area contributed by atoms with Gasteiger partial charge in [0.2, 0.25) is 11.1 Å². The van der Waals surface area contributed by atoms with Crippen molar-refractivity contribution < 1.29 is 14.3 Å². The molecular weight excluding hydrogens is 328 g/mol. The fraction of sp³-hybridized carbons (Fsp3) is 0.375. The summed E-state index contributed by atoms with van der Waals surface area (Å²) in [5, 5.41) is 11.7. The van der Waals surface area contributed by atoms with Crippen molar-refractivity contribution in [2.24, 2.45) is 0 Å². The molecule has 1 amide bonds. The molecule has 8 heteroatoms. The molecule has 24 heavy (non-hydrogen) atoms. The number of fused-ring (bicyclic) bond motifs is 3. The van der Waals surface area contributed by atoms with E-state index in [9.17, 15) is 4.79 Å². The Morgan fingerprint density at radius 1 is 1.33 bits per heavy atom. The fourth-order valence-corrected chi connectivity index (χ4v) is 3.08. The molecule has 1 aliphatic rings. The Hall–Kier alpha value is -2.19. The van der Waals surface area contributed by atoms with E-state index in [4.69, 9.17) is 9.47 Å². The SMILES string of the molecule is COCCNC(=O)CSc1nnc2c(n1)Cc1ccc(OC)cc1-2. The number of nitrogens with zero attached hydrogens (tertiary/aromatic N) is 3. The summed E-state index contributed by atoms with van der Waals surface area (Å²) in [6.07, 6.45) is 0.720. The zero-order valence-corrected chi connectivity index (χ0v) is 14.4. The predicted octanol–water partition coefficient (Wildman–Crippen LogP) is 1.31. The van der Waals surface area contributed by atoms with Crippen LogP contribution in [0.4, 0.5) is 0 Å². The first-order chi connectivity index (χ1) is 11.7. The molecular formula is C16H18N4O3S. The molecule has 0 radical (unpaired) electrons. The maximum absolute atomic E-state index is 11.7. The van der Waals surface area contributed by atoms with E-state index in [0.29, 0.717) is 18.3 Å². The highest BCUT2D eigenvalue weighted by atomic mass is 32.2. The minimum absolute atomic E-state index is 0.0748. The molecule has 1 aromatic heterocycles. The molecule has 0 atom stereocenters. The Morgan fingerprint density at radius 2 is 2.21 bits per heavy atom. The van der Waals surface area contributed by atoms with Gasteiger partial charge in [-0.15, -0.1) is 10.2 Å². The quantitative estimate of drug-likeness (QED) is 0.510. The molecule has 0 bridgehead atoms. The normalized spacial score (nSPS) is 11.8.